The lowest BCUT2D eigenvalue weighted by atomic mass is 9.49. The fraction of sp³-hybridized carbons (Fsp3) is 0.636. The van der Waals surface area contributed by atoms with E-state index in [0.717, 1.165) is 24.9 Å². The summed E-state index contributed by atoms with van der Waals surface area (Å²) in [5.41, 5.74) is 3.71. The third-order valence-electron chi connectivity index (χ3n) is 7.01. The number of hydrogen-bond donors (Lipinski definition) is 1. The molecular weight excluding hydrogens is 292 g/mol. The maximum Gasteiger partial charge on any atom is 0.0233 e. The zero-order valence-electron chi connectivity index (χ0n) is 15.3. The van der Waals surface area contributed by atoms with Gasteiger partial charge < -0.3 is 5.32 Å². The molecular formula is C22H32N2. The van der Waals surface area contributed by atoms with Crippen LogP contribution in [0.2, 0.25) is 0 Å². The number of nitrogens with zero attached hydrogens (tertiary/aromatic N) is 1. The van der Waals surface area contributed by atoms with E-state index in [1.807, 2.05) is 0 Å². The third kappa shape index (κ3) is 3.19. The summed E-state index contributed by atoms with van der Waals surface area (Å²) in [4.78, 5) is 2.60. The highest BCUT2D eigenvalue weighted by Crippen LogP contribution is 2.58. The molecule has 1 aliphatic heterocycles. The van der Waals surface area contributed by atoms with Crippen LogP contribution < -0.4 is 5.32 Å². The number of fused-ring (bicyclic) bond motifs is 1. The quantitative estimate of drug-likeness (QED) is 0.815. The van der Waals surface area contributed by atoms with Gasteiger partial charge in [0, 0.05) is 19.1 Å². The Morgan fingerprint density at radius 3 is 2.54 bits per heavy atom. The van der Waals surface area contributed by atoms with Gasteiger partial charge in [-0.1, -0.05) is 55.8 Å². The fourth-order valence-electron chi connectivity index (χ4n) is 5.08. The maximum atomic E-state index is 3.87. The number of hydrogen-bond acceptors (Lipinski definition) is 2. The molecule has 1 saturated heterocycles. The zero-order chi connectivity index (χ0) is 16.6. The smallest absolute Gasteiger partial charge is 0.0233 e. The highest BCUT2D eigenvalue weighted by atomic mass is 15.1. The molecule has 3 aliphatic carbocycles. The molecule has 0 amide bonds. The van der Waals surface area contributed by atoms with Gasteiger partial charge in [0.05, 0.1) is 0 Å². The molecule has 1 N–H and O–H groups in total. The van der Waals surface area contributed by atoms with Gasteiger partial charge in [0.2, 0.25) is 0 Å². The van der Waals surface area contributed by atoms with Crippen molar-refractivity contribution in [1.29, 1.82) is 0 Å². The Morgan fingerprint density at radius 2 is 1.88 bits per heavy atom. The van der Waals surface area contributed by atoms with Gasteiger partial charge in [0.15, 0.2) is 0 Å². The van der Waals surface area contributed by atoms with Gasteiger partial charge in [0.1, 0.15) is 0 Å². The lowest BCUT2D eigenvalue weighted by Crippen LogP contribution is -2.50. The van der Waals surface area contributed by atoms with Gasteiger partial charge in [-0.25, -0.2) is 0 Å². The minimum absolute atomic E-state index is 0.560. The van der Waals surface area contributed by atoms with E-state index < -0.39 is 0 Å². The van der Waals surface area contributed by atoms with E-state index in [4.69, 9.17) is 0 Å². The summed E-state index contributed by atoms with van der Waals surface area (Å²) in [6.45, 7) is 9.63. The van der Waals surface area contributed by atoms with Crippen LogP contribution in [0.5, 0.6) is 0 Å². The van der Waals surface area contributed by atoms with Gasteiger partial charge in [-0.15, -0.1) is 0 Å². The van der Waals surface area contributed by atoms with E-state index in [1.165, 1.54) is 44.3 Å². The van der Waals surface area contributed by atoms with E-state index in [9.17, 15) is 0 Å². The number of likely N-dealkylation sites (tertiary alicyclic amines) is 1. The average molecular weight is 325 g/mol. The first-order chi connectivity index (χ1) is 11.6. The van der Waals surface area contributed by atoms with Crippen LogP contribution in [0, 0.1) is 17.3 Å². The second kappa shape index (κ2) is 6.65. The molecule has 0 aromatic heterocycles. The molecule has 1 saturated carbocycles. The monoisotopic (exact) mass is 324 g/mol. The van der Waals surface area contributed by atoms with E-state index in [1.54, 1.807) is 5.57 Å². The van der Waals surface area contributed by atoms with Crippen LogP contribution in [-0.4, -0.2) is 30.6 Å². The normalized spacial score (nSPS) is 29.8. The molecule has 1 aromatic carbocycles. The molecule has 2 nitrogen and oxygen atoms in total. The Balaban J connectivity index is 1.22. The van der Waals surface area contributed by atoms with Crippen LogP contribution in [0.15, 0.2) is 42.0 Å². The van der Waals surface area contributed by atoms with Crippen molar-refractivity contribution in [2.24, 2.45) is 17.3 Å². The molecule has 24 heavy (non-hydrogen) atoms. The zero-order valence-corrected chi connectivity index (χ0v) is 15.3. The number of nitrogens with one attached hydrogen (secondary N) is 1. The van der Waals surface area contributed by atoms with E-state index >= 15 is 0 Å². The first-order valence-corrected chi connectivity index (χ1v) is 9.81. The van der Waals surface area contributed by atoms with Gasteiger partial charge in [-0.05, 0) is 61.6 Å². The number of piperidine rings is 1. The van der Waals surface area contributed by atoms with E-state index in [-0.39, 0.29) is 0 Å². The Bertz CT molecular complexity index is 581. The van der Waals surface area contributed by atoms with Crippen molar-refractivity contribution >= 4 is 0 Å². The average Bonchev–Trinajstić information content (AvgIpc) is 2.62. The molecule has 0 spiro atoms. The molecule has 1 heterocycles. The standard InChI is InChI=1S/C22H32N2/c1-22(2)19-9-8-18(21(22)14-19)15-23-20-10-12-24(13-11-20)16-17-6-4-3-5-7-17/h3-8,19-21,23H,9-16H2,1-2H3. The lowest BCUT2D eigenvalue weighted by molar-refractivity contribution is -0.00774. The SMILES string of the molecule is CC1(C)C2CC=C(CNC3CCN(Cc4ccccc4)CC3)C1C2. The predicted molar refractivity (Wildman–Crippen MR) is 101 cm³/mol. The summed E-state index contributed by atoms with van der Waals surface area (Å²) in [6, 6.07) is 11.6. The Labute approximate surface area is 147 Å². The van der Waals surface area contributed by atoms with E-state index in [2.05, 4.69) is 60.5 Å². The van der Waals surface area contributed by atoms with Crippen LogP contribution in [0.25, 0.3) is 0 Å². The lowest BCUT2D eigenvalue weighted by Gasteiger charge is -2.56. The van der Waals surface area contributed by atoms with Crippen molar-refractivity contribution in [2.75, 3.05) is 19.6 Å². The van der Waals surface area contributed by atoms with Crippen molar-refractivity contribution in [2.45, 2.75) is 52.1 Å². The fourth-order valence-corrected chi connectivity index (χ4v) is 5.08. The molecule has 1 aromatic rings. The number of rotatable bonds is 5. The van der Waals surface area contributed by atoms with Crippen LogP contribution in [0.1, 0.15) is 45.1 Å². The Hall–Kier alpha value is -1.12. The summed E-state index contributed by atoms with van der Waals surface area (Å²) < 4.78 is 0. The minimum atomic E-state index is 0.560. The van der Waals surface area contributed by atoms with Crippen molar-refractivity contribution in [3.63, 3.8) is 0 Å². The molecule has 5 rings (SSSR count). The predicted octanol–water partition coefficient (Wildman–Crippen LogP) is 4.23. The Kier molecular flexibility index (Phi) is 4.53. The van der Waals surface area contributed by atoms with Crippen LogP contribution in [0.4, 0.5) is 0 Å². The summed E-state index contributed by atoms with van der Waals surface area (Å²) in [5.74, 6) is 1.80. The van der Waals surface area contributed by atoms with E-state index in [0.29, 0.717) is 11.5 Å². The van der Waals surface area contributed by atoms with Gasteiger partial charge in [0.25, 0.3) is 0 Å². The van der Waals surface area contributed by atoms with Crippen LogP contribution >= 0.6 is 0 Å². The van der Waals surface area contributed by atoms with Crippen molar-refractivity contribution in [3.8, 4) is 0 Å². The van der Waals surface area contributed by atoms with Gasteiger partial charge in [-0.3, -0.25) is 4.90 Å². The molecule has 2 bridgehead atoms. The molecule has 0 radical (unpaired) electrons. The molecule has 130 valence electrons. The first kappa shape index (κ1) is 16.4. The topological polar surface area (TPSA) is 15.3 Å². The van der Waals surface area contributed by atoms with Crippen molar-refractivity contribution < 1.29 is 0 Å². The highest BCUT2D eigenvalue weighted by Gasteiger charge is 2.50. The summed E-state index contributed by atoms with van der Waals surface area (Å²) in [7, 11) is 0. The summed E-state index contributed by atoms with van der Waals surface area (Å²) >= 11 is 0. The molecule has 2 atom stereocenters. The molecule has 2 fully saturated rings. The minimum Gasteiger partial charge on any atom is -0.310 e. The molecule has 4 aliphatic rings. The van der Waals surface area contributed by atoms with Crippen LogP contribution in [-0.2, 0) is 6.54 Å². The maximum absolute atomic E-state index is 3.87. The van der Waals surface area contributed by atoms with Gasteiger partial charge in [-0.2, -0.15) is 0 Å². The van der Waals surface area contributed by atoms with Crippen LogP contribution in [0.3, 0.4) is 0 Å². The second-order valence-electron chi connectivity index (χ2n) is 8.74. The van der Waals surface area contributed by atoms with Gasteiger partial charge >= 0.3 is 0 Å². The third-order valence-corrected chi connectivity index (χ3v) is 7.01. The highest BCUT2D eigenvalue weighted by molar-refractivity contribution is 5.24. The molecule has 2 heteroatoms. The van der Waals surface area contributed by atoms with Crippen molar-refractivity contribution in [3.05, 3.63) is 47.5 Å². The number of allylic oxidation sites excluding steroid dienone is 1. The Morgan fingerprint density at radius 1 is 1.12 bits per heavy atom. The largest absolute Gasteiger partial charge is 0.310 e. The first-order valence-electron chi connectivity index (χ1n) is 9.81. The van der Waals surface area contributed by atoms with Crippen molar-refractivity contribution in [1.82, 2.24) is 10.2 Å². The summed E-state index contributed by atoms with van der Waals surface area (Å²) in [5, 5.41) is 3.87. The second-order valence-corrected chi connectivity index (χ2v) is 8.74. The number of benzene rings is 1. The summed E-state index contributed by atoms with van der Waals surface area (Å²) in [6.07, 6.45) is 7.88. The molecule has 2 unspecified atom stereocenters.